The third kappa shape index (κ3) is 2.99. The highest BCUT2D eigenvalue weighted by Gasteiger charge is 2.04. The van der Waals surface area contributed by atoms with Crippen LogP contribution in [-0.2, 0) is 6.54 Å². The minimum atomic E-state index is 0.829. The summed E-state index contributed by atoms with van der Waals surface area (Å²) < 4.78 is 5.19. The summed E-state index contributed by atoms with van der Waals surface area (Å²) >= 11 is 0. The van der Waals surface area contributed by atoms with Gasteiger partial charge >= 0.3 is 0 Å². The summed E-state index contributed by atoms with van der Waals surface area (Å²) in [6.07, 6.45) is 3.57. The zero-order valence-electron chi connectivity index (χ0n) is 9.70. The Kier molecular flexibility index (Phi) is 3.81. The van der Waals surface area contributed by atoms with Gasteiger partial charge in [-0.1, -0.05) is 12.1 Å². The van der Waals surface area contributed by atoms with Crippen molar-refractivity contribution in [2.24, 2.45) is 4.99 Å². The van der Waals surface area contributed by atoms with Crippen molar-refractivity contribution in [3.05, 3.63) is 29.8 Å². The number of amidine groups is 1. The molecule has 0 aliphatic carbocycles. The molecule has 3 nitrogen and oxygen atoms in total. The molecular formula is C13H18N2O. The third-order valence-corrected chi connectivity index (χ3v) is 2.76. The molecule has 86 valence electrons. The number of rotatable bonds is 3. The number of hydrogen-bond donors (Lipinski definition) is 1. The van der Waals surface area contributed by atoms with Gasteiger partial charge in [0.15, 0.2) is 0 Å². The molecule has 0 spiro atoms. The quantitative estimate of drug-likeness (QED) is 0.845. The lowest BCUT2D eigenvalue weighted by molar-refractivity contribution is 0.414. The number of nitrogens with zero attached hydrogens (tertiary/aromatic N) is 1. The van der Waals surface area contributed by atoms with Crippen LogP contribution < -0.4 is 10.1 Å². The fourth-order valence-corrected chi connectivity index (χ4v) is 1.83. The fraction of sp³-hybridized carbons (Fsp3) is 0.462. The lowest BCUT2D eigenvalue weighted by Gasteiger charge is -2.14. The molecule has 1 heterocycles. The summed E-state index contributed by atoms with van der Waals surface area (Å²) in [4.78, 5) is 4.46. The number of nitrogens with one attached hydrogen (secondary N) is 1. The van der Waals surface area contributed by atoms with E-state index in [9.17, 15) is 0 Å². The first-order chi connectivity index (χ1) is 7.88. The van der Waals surface area contributed by atoms with E-state index < -0.39 is 0 Å². The lowest BCUT2D eigenvalue weighted by atomic mass is 10.1. The number of hydrogen-bond acceptors (Lipinski definition) is 3. The molecule has 0 unspecified atom stereocenters. The summed E-state index contributed by atoms with van der Waals surface area (Å²) in [6, 6.07) is 8.12. The zero-order valence-corrected chi connectivity index (χ0v) is 9.70. The summed E-state index contributed by atoms with van der Waals surface area (Å²) in [6.45, 7) is 1.80. The molecule has 0 fully saturated rings. The van der Waals surface area contributed by atoms with E-state index in [1.165, 1.54) is 18.4 Å². The van der Waals surface area contributed by atoms with Crippen LogP contribution in [0.2, 0.25) is 0 Å². The van der Waals surface area contributed by atoms with Gasteiger partial charge in [0.05, 0.1) is 12.9 Å². The second-order valence-corrected chi connectivity index (χ2v) is 3.99. The van der Waals surface area contributed by atoms with E-state index in [1.807, 2.05) is 12.1 Å². The Labute approximate surface area is 96.5 Å². The van der Waals surface area contributed by atoms with E-state index >= 15 is 0 Å². The maximum atomic E-state index is 5.19. The smallest absolute Gasteiger partial charge is 0.119 e. The van der Waals surface area contributed by atoms with Gasteiger partial charge in [0.2, 0.25) is 0 Å². The average Bonchev–Trinajstić information content (AvgIpc) is 2.38. The summed E-state index contributed by atoms with van der Waals surface area (Å²) in [5.74, 6) is 2.05. The van der Waals surface area contributed by atoms with Crippen LogP contribution in [0.3, 0.4) is 0 Å². The van der Waals surface area contributed by atoms with Gasteiger partial charge in [-0.25, -0.2) is 0 Å². The van der Waals surface area contributed by atoms with Crippen LogP contribution in [0.4, 0.5) is 0 Å². The number of ether oxygens (including phenoxy) is 1. The highest BCUT2D eigenvalue weighted by molar-refractivity contribution is 5.82. The molecular weight excluding hydrogens is 200 g/mol. The van der Waals surface area contributed by atoms with Gasteiger partial charge in [-0.15, -0.1) is 0 Å². The van der Waals surface area contributed by atoms with E-state index in [-0.39, 0.29) is 0 Å². The maximum absolute atomic E-state index is 5.19. The summed E-state index contributed by atoms with van der Waals surface area (Å²) in [7, 11) is 1.69. The first-order valence-corrected chi connectivity index (χ1v) is 5.78. The van der Waals surface area contributed by atoms with Gasteiger partial charge in [-0.05, 0) is 30.5 Å². The highest BCUT2D eigenvalue weighted by atomic mass is 16.5. The molecule has 1 aliphatic heterocycles. The molecule has 0 saturated carbocycles. The largest absolute Gasteiger partial charge is 0.497 e. The van der Waals surface area contributed by atoms with Crippen molar-refractivity contribution >= 4 is 5.84 Å². The van der Waals surface area contributed by atoms with Crippen LogP contribution in [0.1, 0.15) is 24.8 Å². The van der Waals surface area contributed by atoms with Gasteiger partial charge in [-0.2, -0.15) is 0 Å². The Balaban J connectivity index is 1.91. The Morgan fingerprint density at radius 1 is 1.38 bits per heavy atom. The lowest BCUT2D eigenvalue weighted by Crippen LogP contribution is -2.25. The van der Waals surface area contributed by atoms with Gasteiger partial charge < -0.3 is 10.1 Å². The summed E-state index contributed by atoms with van der Waals surface area (Å²) in [5, 5.41) is 3.38. The molecule has 0 amide bonds. The molecule has 1 aliphatic rings. The number of benzene rings is 1. The minimum Gasteiger partial charge on any atom is -0.497 e. The Hall–Kier alpha value is -1.51. The molecule has 1 aromatic rings. The second-order valence-electron chi connectivity index (χ2n) is 3.99. The van der Waals surface area contributed by atoms with E-state index in [0.717, 1.165) is 31.1 Å². The van der Waals surface area contributed by atoms with E-state index in [2.05, 4.69) is 22.4 Å². The molecule has 0 saturated heterocycles. The van der Waals surface area contributed by atoms with Crippen LogP contribution in [0, 0.1) is 0 Å². The van der Waals surface area contributed by atoms with Crippen molar-refractivity contribution in [3.63, 3.8) is 0 Å². The molecule has 0 radical (unpaired) electrons. The molecule has 0 bridgehead atoms. The van der Waals surface area contributed by atoms with Crippen LogP contribution in [0.5, 0.6) is 5.75 Å². The van der Waals surface area contributed by atoms with Crippen LogP contribution >= 0.6 is 0 Å². The monoisotopic (exact) mass is 218 g/mol. The van der Waals surface area contributed by atoms with Crippen molar-refractivity contribution in [3.8, 4) is 5.75 Å². The molecule has 3 heteroatoms. The van der Waals surface area contributed by atoms with Crippen LogP contribution in [0.15, 0.2) is 29.3 Å². The van der Waals surface area contributed by atoms with Crippen LogP contribution in [0.25, 0.3) is 0 Å². The zero-order chi connectivity index (χ0) is 11.2. The average molecular weight is 218 g/mol. The molecule has 2 rings (SSSR count). The predicted molar refractivity (Wildman–Crippen MR) is 66.0 cm³/mol. The molecule has 16 heavy (non-hydrogen) atoms. The minimum absolute atomic E-state index is 0.829. The Morgan fingerprint density at radius 2 is 2.31 bits per heavy atom. The maximum Gasteiger partial charge on any atom is 0.119 e. The highest BCUT2D eigenvalue weighted by Crippen LogP contribution is 2.12. The van der Waals surface area contributed by atoms with Gasteiger partial charge in [0.1, 0.15) is 5.75 Å². The molecule has 0 atom stereocenters. The van der Waals surface area contributed by atoms with Crippen molar-refractivity contribution in [2.45, 2.75) is 25.8 Å². The second kappa shape index (κ2) is 5.54. The number of methoxy groups -OCH3 is 1. The third-order valence-electron chi connectivity index (χ3n) is 2.76. The van der Waals surface area contributed by atoms with Crippen molar-refractivity contribution in [2.75, 3.05) is 13.7 Å². The molecule has 1 N–H and O–H groups in total. The van der Waals surface area contributed by atoms with E-state index in [0.29, 0.717) is 0 Å². The Bertz CT molecular complexity index is 374. The predicted octanol–water partition coefficient (Wildman–Crippen LogP) is 2.37. The normalized spacial score (nSPS) is 15.4. The van der Waals surface area contributed by atoms with E-state index in [1.54, 1.807) is 7.11 Å². The van der Waals surface area contributed by atoms with Gasteiger partial charge in [0, 0.05) is 19.5 Å². The number of aliphatic imine (C=N–C) groups is 1. The van der Waals surface area contributed by atoms with Crippen LogP contribution in [-0.4, -0.2) is 19.5 Å². The van der Waals surface area contributed by atoms with Crippen molar-refractivity contribution in [1.29, 1.82) is 0 Å². The summed E-state index contributed by atoms with van der Waals surface area (Å²) in [5.41, 5.74) is 1.23. The first-order valence-electron chi connectivity index (χ1n) is 5.78. The van der Waals surface area contributed by atoms with Gasteiger partial charge in [-0.3, -0.25) is 4.99 Å². The topological polar surface area (TPSA) is 33.6 Å². The Morgan fingerprint density at radius 3 is 3.06 bits per heavy atom. The standard InChI is InChI=1S/C13H18N2O/c1-16-12-6-4-5-11(9-12)10-15-13-7-2-3-8-14-13/h4-6,9H,2-3,7-8,10H2,1H3,(H,14,15). The first kappa shape index (κ1) is 11.0. The fourth-order valence-electron chi connectivity index (χ4n) is 1.83. The molecule has 1 aromatic carbocycles. The molecule has 0 aromatic heterocycles. The van der Waals surface area contributed by atoms with Crippen molar-refractivity contribution in [1.82, 2.24) is 5.32 Å². The van der Waals surface area contributed by atoms with Gasteiger partial charge in [0.25, 0.3) is 0 Å². The SMILES string of the molecule is COc1cccc(CNC2=NCCCC2)c1. The van der Waals surface area contributed by atoms with Crippen molar-refractivity contribution < 1.29 is 4.74 Å². The van der Waals surface area contributed by atoms with E-state index in [4.69, 9.17) is 4.74 Å².